The maximum Gasteiger partial charge on any atom is 0.251 e. The van der Waals surface area contributed by atoms with Crippen molar-refractivity contribution in [3.05, 3.63) is 29.8 Å². The molecule has 0 spiro atoms. The van der Waals surface area contributed by atoms with E-state index in [0.717, 1.165) is 18.6 Å². The lowest BCUT2D eigenvalue weighted by atomic mass is 10.1. The number of carbonyl (C=O) groups is 1. The molecule has 4 nitrogen and oxygen atoms in total. The fraction of sp³-hybridized carbons (Fsp3) is 0.562. The van der Waals surface area contributed by atoms with Crippen LogP contribution in [0.15, 0.2) is 24.3 Å². The Hall–Kier alpha value is -1.55. The first-order chi connectivity index (χ1) is 9.63. The number of hydrogen-bond acceptors (Lipinski definition) is 3. The molecule has 1 rings (SSSR count). The number of carbonyl (C=O) groups excluding carboxylic acids is 1. The topological polar surface area (TPSA) is 47.6 Å². The molecule has 0 saturated heterocycles. The van der Waals surface area contributed by atoms with Crippen molar-refractivity contribution < 1.29 is 14.3 Å². The molecule has 0 unspecified atom stereocenters. The normalized spacial score (nSPS) is 10.6. The molecule has 0 atom stereocenters. The second-order valence-electron chi connectivity index (χ2n) is 5.16. The van der Waals surface area contributed by atoms with Gasteiger partial charge in [-0.15, -0.1) is 0 Å². The van der Waals surface area contributed by atoms with E-state index in [9.17, 15) is 4.79 Å². The van der Waals surface area contributed by atoms with Crippen LogP contribution in [0.5, 0.6) is 5.75 Å². The van der Waals surface area contributed by atoms with Crippen LogP contribution < -0.4 is 10.1 Å². The molecule has 0 aliphatic carbocycles. The summed E-state index contributed by atoms with van der Waals surface area (Å²) in [5.41, 5.74) is 0.629. The van der Waals surface area contributed by atoms with E-state index in [1.165, 1.54) is 0 Å². The van der Waals surface area contributed by atoms with Crippen molar-refractivity contribution in [1.29, 1.82) is 0 Å². The maximum atomic E-state index is 11.9. The molecule has 1 amide bonds. The van der Waals surface area contributed by atoms with Crippen molar-refractivity contribution in [2.75, 3.05) is 26.9 Å². The molecule has 4 heteroatoms. The molecule has 0 heterocycles. The van der Waals surface area contributed by atoms with E-state index in [0.29, 0.717) is 31.2 Å². The maximum absolute atomic E-state index is 11.9. The van der Waals surface area contributed by atoms with Gasteiger partial charge in [-0.2, -0.15) is 0 Å². The first-order valence-corrected chi connectivity index (χ1v) is 7.13. The lowest BCUT2D eigenvalue weighted by Gasteiger charge is -2.10. The lowest BCUT2D eigenvalue weighted by molar-refractivity contribution is 0.0948. The van der Waals surface area contributed by atoms with E-state index in [1.807, 2.05) is 12.1 Å². The average Bonchev–Trinajstić information content (AvgIpc) is 2.43. The van der Waals surface area contributed by atoms with Crippen LogP contribution in [0.1, 0.15) is 37.0 Å². The van der Waals surface area contributed by atoms with Crippen LogP contribution in [0.2, 0.25) is 0 Å². The van der Waals surface area contributed by atoms with E-state index >= 15 is 0 Å². The molecule has 0 aromatic heterocycles. The van der Waals surface area contributed by atoms with Gasteiger partial charge in [0.15, 0.2) is 0 Å². The fourth-order valence-corrected chi connectivity index (χ4v) is 1.66. The predicted octanol–water partition coefficient (Wildman–Crippen LogP) is 2.88. The Morgan fingerprint density at radius 3 is 2.80 bits per heavy atom. The summed E-state index contributed by atoms with van der Waals surface area (Å²) < 4.78 is 10.6. The minimum Gasteiger partial charge on any atom is -0.494 e. The number of benzene rings is 1. The minimum atomic E-state index is -0.0737. The zero-order valence-corrected chi connectivity index (χ0v) is 12.6. The molecule has 112 valence electrons. The predicted molar refractivity (Wildman–Crippen MR) is 80.2 cm³/mol. The molecule has 1 N–H and O–H groups in total. The van der Waals surface area contributed by atoms with Crippen LogP contribution in [0, 0.1) is 5.92 Å². The number of ether oxygens (including phenoxy) is 2. The van der Waals surface area contributed by atoms with Crippen molar-refractivity contribution in [2.24, 2.45) is 5.92 Å². The largest absolute Gasteiger partial charge is 0.494 e. The van der Waals surface area contributed by atoms with Crippen LogP contribution in [-0.4, -0.2) is 32.8 Å². The van der Waals surface area contributed by atoms with Gasteiger partial charge in [-0.3, -0.25) is 4.79 Å². The smallest absolute Gasteiger partial charge is 0.251 e. The first kappa shape index (κ1) is 16.5. The Bertz CT molecular complexity index is 404. The van der Waals surface area contributed by atoms with Gasteiger partial charge in [0, 0.05) is 25.8 Å². The lowest BCUT2D eigenvalue weighted by Crippen LogP contribution is -2.25. The van der Waals surface area contributed by atoms with Gasteiger partial charge in [-0.1, -0.05) is 19.9 Å². The summed E-state index contributed by atoms with van der Waals surface area (Å²) in [6, 6.07) is 7.30. The Kier molecular flexibility index (Phi) is 7.73. The molecular weight excluding hydrogens is 254 g/mol. The van der Waals surface area contributed by atoms with Gasteiger partial charge in [0.2, 0.25) is 0 Å². The standard InChI is InChI=1S/C16H25NO3/c1-13(2)8-11-20-15-7-4-6-14(12-15)16(18)17-9-5-10-19-3/h4,6-7,12-13H,5,8-11H2,1-3H3,(H,17,18). The SMILES string of the molecule is COCCCNC(=O)c1cccc(OCCC(C)C)c1. The summed E-state index contributed by atoms with van der Waals surface area (Å²) in [5, 5.41) is 2.86. The summed E-state index contributed by atoms with van der Waals surface area (Å²) in [5.74, 6) is 1.29. The van der Waals surface area contributed by atoms with Gasteiger partial charge in [0.25, 0.3) is 5.91 Å². The minimum absolute atomic E-state index is 0.0737. The molecule has 0 radical (unpaired) electrons. The highest BCUT2D eigenvalue weighted by atomic mass is 16.5. The van der Waals surface area contributed by atoms with Crippen LogP contribution in [0.4, 0.5) is 0 Å². The van der Waals surface area contributed by atoms with E-state index in [2.05, 4.69) is 19.2 Å². The second-order valence-corrected chi connectivity index (χ2v) is 5.16. The molecule has 0 aliphatic heterocycles. The molecule has 0 fully saturated rings. The molecule has 0 aliphatic rings. The van der Waals surface area contributed by atoms with Crippen molar-refractivity contribution >= 4 is 5.91 Å². The van der Waals surface area contributed by atoms with Gasteiger partial charge in [-0.25, -0.2) is 0 Å². The fourth-order valence-electron chi connectivity index (χ4n) is 1.66. The highest BCUT2D eigenvalue weighted by Crippen LogP contribution is 2.14. The van der Waals surface area contributed by atoms with Crippen LogP contribution in [0.25, 0.3) is 0 Å². The van der Waals surface area contributed by atoms with E-state index in [1.54, 1.807) is 19.2 Å². The zero-order valence-electron chi connectivity index (χ0n) is 12.6. The van der Waals surface area contributed by atoms with Crippen molar-refractivity contribution in [2.45, 2.75) is 26.7 Å². The number of nitrogens with one attached hydrogen (secondary N) is 1. The summed E-state index contributed by atoms with van der Waals surface area (Å²) in [6.07, 6.45) is 1.82. The summed E-state index contributed by atoms with van der Waals surface area (Å²) >= 11 is 0. The third-order valence-corrected chi connectivity index (χ3v) is 2.87. The first-order valence-electron chi connectivity index (χ1n) is 7.13. The number of rotatable bonds is 9. The monoisotopic (exact) mass is 279 g/mol. The van der Waals surface area contributed by atoms with E-state index in [4.69, 9.17) is 9.47 Å². The summed E-state index contributed by atoms with van der Waals surface area (Å²) in [4.78, 5) is 11.9. The summed E-state index contributed by atoms with van der Waals surface area (Å²) in [6.45, 7) is 6.26. The number of methoxy groups -OCH3 is 1. The Labute approximate surface area is 121 Å². The van der Waals surface area contributed by atoms with E-state index < -0.39 is 0 Å². The van der Waals surface area contributed by atoms with Crippen LogP contribution in [-0.2, 0) is 4.74 Å². The molecule has 0 bridgehead atoms. The average molecular weight is 279 g/mol. The highest BCUT2D eigenvalue weighted by Gasteiger charge is 2.06. The molecule has 20 heavy (non-hydrogen) atoms. The highest BCUT2D eigenvalue weighted by molar-refractivity contribution is 5.94. The zero-order chi connectivity index (χ0) is 14.8. The van der Waals surface area contributed by atoms with Crippen molar-refractivity contribution in [3.63, 3.8) is 0 Å². The third kappa shape index (κ3) is 6.57. The summed E-state index contributed by atoms with van der Waals surface area (Å²) in [7, 11) is 1.65. The second kappa shape index (κ2) is 9.37. The van der Waals surface area contributed by atoms with Gasteiger partial charge >= 0.3 is 0 Å². The molecule has 1 aromatic carbocycles. The number of hydrogen-bond donors (Lipinski definition) is 1. The van der Waals surface area contributed by atoms with E-state index in [-0.39, 0.29) is 5.91 Å². The molecular formula is C16H25NO3. The third-order valence-electron chi connectivity index (χ3n) is 2.87. The number of amides is 1. The Morgan fingerprint density at radius 2 is 2.10 bits per heavy atom. The van der Waals surface area contributed by atoms with Gasteiger partial charge in [0.05, 0.1) is 6.61 Å². The molecule has 0 saturated carbocycles. The van der Waals surface area contributed by atoms with Gasteiger partial charge in [0.1, 0.15) is 5.75 Å². The van der Waals surface area contributed by atoms with Crippen LogP contribution in [0.3, 0.4) is 0 Å². The Morgan fingerprint density at radius 1 is 1.30 bits per heavy atom. The van der Waals surface area contributed by atoms with Gasteiger partial charge < -0.3 is 14.8 Å². The quantitative estimate of drug-likeness (QED) is 0.707. The van der Waals surface area contributed by atoms with Crippen LogP contribution >= 0.6 is 0 Å². The van der Waals surface area contributed by atoms with Crippen molar-refractivity contribution in [3.8, 4) is 5.75 Å². The van der Waals surface area contributed by atoms with Crippen molar-refractivity contribution in [1.82, 2.24) is 5.32 Å². The van der Waals surface area contributed by atoms with Gasteiger partial charge in [-0.05, 0) is 37.0 Å². The molecule has 1 aromatic rings. The Balaban J connectivity index is 2.43.